The molecule has 186 valence electrons. The largest absolute Gasteiger partial charge is 0.207 e. The molecule has 4 atom stereocenters. The zero-order valence-corrected chi connectivity index (χ0v) is 21.4. The van der Waals surface area contributed by atoms with Gasteiger partial charge in [-0.3, -0.25) is 0 Å². The van der Waals surface area contributed by atoms with Crippen molar-refractivity contribution in [2.75, 3.05) is 0 Å². The molecule has 2 heteroatoms. The SMILES string of the molecule is C/C=C/CCc1cc(F)c2cc([C@@H]3CC[C@@H]4CC(CCCCCCC)CCC4C3)c(F)cc2c1. The van der Waals surface area contributed by atoms with Gasteiger partial charge < -0.3 is 0 Å². The zero-order chi connectivity index (χ0) is 23.9. The molecule has 0 heterocycles. The minimum absolute atomic E-state index is 0.137. The van der Waals surface area contributed by atoms with Crippen LogP contribution >= 0.6 is 0 Å². The van der Waals surface area contributed by atoms with Crippen molar-refractivity contribution in [1.82, 2.24) is 0 Å². The Morgan fingerprint density at radius 2 is 1.65 bits per heavy atom. The van der Waals surface area contributed by atoms with Gasteiger partial charge in [0.25, 0.3) is 0 Å². The second-order valence-electron chi connectivity index (χ2n) is 11.2. The highest BCUT2D eigenvalue weighted by Gasteiger charge is 2.36. The van der Waals surface area contributed by atoms with Gasteiger partial charge in [0.15, 0.2) is 0 Å². The molecule has 0 nitrogen and oxygen atoms in total. The molecule has 34 heavy (non-hydrogen) atoms. The smallest absolute Gasteiger partial charge is 0.131 e. The van der Waals surface area contributed by atoms with E-state index in [1.54, 1.807) is 12.1 Å². The van der Waals surface area contributed by atoms with Crippen LogP contribution in [0, 0.1) is 29.4 Å². The summed E-state index contributed by atoms with van der Waals surface area (Å²) in [6, 6.07) is 7.04. The van der Waals surface area contributed by atoms with Crippen LogP contribution in [0.15, 0.2) is 36.4 Å². The molecule has 0 aromatic heterocycles. The van der Waals surface area contributed by atoms with Gasteiger partial charge in [-0.25, -0.2) is 8.78 Å². The number of fused-ring (bicyclic) bond motifs is 2. The quantitative estimate of drug-likeness (QED) is 0.241. The summed E-state index contributed by atoms with van der Waals surface area (Å²) in [5.74, 6) is 2.36. The van der Waals surface area contributed by atoms with Crippen molar-refractivity contribution in [3.8, 4) is 0 Å². The molecule has 2 aliphatic rings. The number of benzene rings is 2. The van der Waals surface area contributed by atoms with Crippen LogP contribution in [0.5, 0.6) is 0 Å². The van der Waals surface area contributed by atoms with Gasteiger partial charge in [0.05, 0.1) is 0 Å². The minimum atomic E-state index is -0.206. The Balaban J connectivity index is 1.38. The van der Waals surface area contributed by atoms with E-state index in [9.17, 15) is 4.39 Å². The number of aryl methyl sites for hydroxylation is 1. The maximum Gasteiger partial charge on any atom is 0.131 e. The van der Waals surface area contributed by atoms with E-state index < -0.39 is 0 Å². The van der Waals surface area contributed by atoms with E-state index in [2.05, 4.69) is 13.0 Å². The minimum Gasteiger partial charge on any atom is -0.207 e. The van der Waals surface area contributed by atoms with E-state index in [1.165, 1.54) is 64.2 Å². The standard InChI is InChI=1S/C32H44F2/c1-3-5-7-8-10-11-23-13-14-26-20-27(16-15-25(26)17-23)29-22-30-28(21-32(29)34)18-24(19-31(30)33)12-9-6-4-2/h4,6,18-19,21-23,25-27H,3,5,7-17,20H2,1-2H3/b6-4+/t23?,25-,26?,27-/m1/s1. The predicted octanol–water partition coefficient (Wildman–Crippen LogP) is 10.3. The normalized spacial score (nSPS) is 25.2. The zero-order valence-electron chi connectivity index (χ0n) is 21.4. The Morgan fingerprint density at radius 3 is 2.47 bits per heavy atom. The first-order valence-electron chi connectivity index (χ1n) is 14.1. The third kappa shape index (κ3) is 6.29. The van der Waals surface area contributed by atoms with Crippen molar-refractivity contribution in [1.29, 1.82) is 0 Å². The van der Waals surface area contributed by atoms with Crippen LogP contribution in [0.25, 0.3) is 10.8 Å². The summed E-state index contributed by atoms with van der Waals surface area (Å²) in [4.78, 5) is 0. The highest BCUT2D eigenvalue weighted by Crippen LogP contribution is 2.49. The fourth-order valence-electron chi connectivity index (χ4n) is 6.85. The van der Waals surface area contributed by atoms with E-state index in [4.69, 9.17) is 0 Å². The van der Waals surface area contributed by atoms with Gasteiger partial charge in [0.1, 0.15) is 11.6 Å². The highest BCUT2D eigenvalue weighted by molar-refractivity contribution is 5.85. The summed E-state index contributed by atoms with van der Waals surface area (Å²) in [5, 5.41) is 1.28. The second kappa shape index (κ2) is 12.3. The molecule has 2 unspecified atom stereocenters. The molecule has 0 amide bonds. The van der Waals surface area contributed by atoms with Gasteiger partial charge in [-0.15, -0.1) is 0 Å². The Kier molecular flexibility index (Phi) is 9.20. The maximum absolute atomic E-state index is 15.3. The van der Waals surface area contributed by atoms with E-state index in [0.29, 0.717) is 10.8 Å². The third-order valence-electron chi connectivity index (χ3n) is 8.79. The lowest BCUT2D eigenvalue weighted by molar-refractivity contribution is 0.112. The first kappa shape index (κ1) is 25.4. The molecule has 0 aliphatic heterocycles. The summed E-state index contributed by atoms with van der Waals surface area (Å²) >= 11 is 0. The molecular formula is C32H44F2. The van der Waals surface area contributed by atoms with Gasteiger partial charge in [0.2, 0.25) is 0 Å². The number of unbranched alkanes of at least 4 members (excludes halogenated alkanes) is 4. The van der Waals surface area contributed by atoms with Crippen molar-refractivity contribution in [3.05, 3.63) is 59.2 Å². The van der Waals surface area contributed by atoms with Crippen LogP contribution in [0.3, 0.4) is 0 Å². The molecular weight excluding hydrogens is 422 g/mol. The Labute approximate surface area is 206 Å². The molecule has 2 saturated carbocycles. The van der Waals surface area contributed by atoms with Crippen LogP contribution in [-0.4, -0.2) is 0 Å². The van der Waals surface area contributed by atoms with Crippen molar-refractivity contribution >= 4 is 10.8 Å². The van der Waals surface area contributed by atoms with E-state index in [0.717, 1.165) is 54.6 Å². The summed E-state index contributed by atoms with van der Waals surface area (Å²) in [6.07, 6.45) is 21.5. The fourth-order valence-corrected chi connectivity index (χ4v) is 6.85. The van der Waals surface area contributed by atoms with Crippen molar-refractivity contribution < 1.29 is 8.78 Å². The van der Waals surface area contributed by atoms with Crippen LogP contribution in [0.4, 0.5) is 8.78 Å². The van der Waals surface area contributed by atoms with Gasteiger partial charge in [-0.2, -0.15) is 0 Å². The second-order valence-corrected chi connectivity index (χ2v) is 11.2. The summed E-state index contributed by atoms with van der Waals surface area (Å²) in [7, 11) is 0. The predicted molar refractivity (Wildman–Crippen MR) is 141 cm³/mol. The summed E-state index contributed by atoms with van der Waals surface area (Å²) < 4.78 is 30.2. The molecule has 0 spiro atoms. The number of hydrogen-bond donors (Lipinski definition) is 0. The Hall–Kier alpha value is -1.70. The maximum atomic E-state index is 15.3. The van der Waals surface area contributed by atoms with Gasteiger partial charge in [-0.1, -0.05) is 70.1 Å². The molecule has 0 saturated heterocycles. The molecule has 0 bridgehead atoms. The van der Waals surface area contributed by atoms with E-state index >= 15 is 4.39 Å². The van der Waals surface area contributed by atoms with Gasteiger partial charge in [0, 0.05) is 5.39 Å². The van der Waals surface area contributed by atoms with Gasteiger partial charge in [-0.05, 0) is 110 Å². The van der Waals surface area contributed by atoms with Crippen LogP contribution < -0.4 is 0 Å². The van der Waals surface area contributed by atoms with Crippen LogP contribution in [-0.2, 0) is 6.42 Å². The average Bonchev–Trinajstić information content (AvgIpc) is 2.83. The first-order valence-corrected chi connectivity index (χ1v) is 14.1. The Morgan fingerprint density at radius 1 is 0.853 bits per heavy atom. The molecule has 4 rings (SSSR count). The number of hydrogen-bond acceptors (Lipinski definition) is 0. The molecule has 0 N–H and O–H groups in total. The monoisotopic (exact) mass is 466 g/mol. The molecule has 2 aliphatic carbocycles. The number of halogens is 2. The lowest BCUT2D eigenvalue weighted by Crippen LogP contribution is -2.30. The average molecular weight is 467 g/mol. The van der Waals surface area contributed by atoms with E-state index in [-0.39, 0.29) is 17.6 Å². The molecule has 2 aromatic carbocycles. The fraction of sp³-hybridized carbons (Fsp3) is 0.625. The lowest BCUT2D eigenvalue weighted by Gasteiger charge is -2.42. The molecule has 0 radical (unpaired) electrons. The number of rotatable bonds is 10. The molecule has 2 fully saturated rings. The number of allylic oxidation sites excluding steroid dienone is 2. The molecule has 2 aromatic rings. The van der Waals surface area contributed by atoms with Crippen LogP contribution in [0.1, 0.15) is 114 Å². The summed E-state index contributed by atoms with van der Waals surface area (Å²) in [6.45, 7) is 4.27. The van der Waals surface area contributed by atoms with Crippen LogP contribution in [0.2, 0.25) is 0 Å². The Bertz CT molecular complexity index is 959. The topological polar surface area (TPSA) is 0 Å². The van der Waals surface area contributed by atoms with E-state index in [1.807, 2.05) is 25.1 Å². The highest BCUT2D eigenvalue weighted by atomic mass is 19.1. The van der Waals surface area contributed by atoms with Crippen molar-refractivity contribution in [3.63, 3.8) is 0 Å². The van der Waals surface area contributed by atoms with Crippen molar-refractivity contribution in [2.24, 2.45) is 17.8 Å². The lowest BCUT2D eigenvalue weighted by atomic mass is 9.63. The summed E-state index contributed by atoms with van der Waals surface area (Å²) in [5.41, 5.74) is 1.70. The first-order chi connectivity index (χ1) is 16.6. The van der Waals surface area contributed by atoms with Crippen molar-refractivity contribution in [2.45, 2.75) is 110 Å². The van der Waals surface area contributed by atoms with Gasteiger partial charge >= 0.3 is 0 Å². The third-order valence-corrected chi connectivity index (χ3v) is 8.79.